The average Bonchev–Trinajstić information content (AvgIpc) is 2.63. The summed E-state index contributed by atoms with van der Waals surface area (Å²) >= 11 is 0. The van der Waals surface area contributed by atoms with E-state index in [-0.39, 0.29) is 11.9 Å². The lowest BCUT2D eigenvalue weighted by Crippen LogP contribution is -2.29. The number of aromatic nitrogens is 2. The number of rotatable bonds is 4. The molecular weight excluding hydrogens is 204 g/mol. The van der Waals surface area contributed by atoms with Crippen LogP contribution in [0.3, 0.4) is 0 Å². The van der Waals surface area contributed by atoms with Crippen LogP contribution in [0.25, 0.3) is 0 Å². The summed E-state index contributed by atoms with van der Waals surface area (Å²) in [6, 6.07) is -0.317. The third-order valence-corrected chi connectivity index (χ3v) is 2.79. The Hall–Kier alpha value is -1.52. The van der Waals surface area contributed by atoms with E-state index in [4.69, 9.17) is 5.73 Å². The van der Waals surface area contributed by atoms with Gasteiger partial charge in [-0.15, -0.1) is 0 Å². The highest BCUT2D eigenvalue weighted by Gasteiger charge is 2.20. The SMILES string of the molecule is CCc1nn(C(C)C(=O)NC)c(CC)c1N. The van der Waals surface area contributed by atoms with Gasteiger partial charge in [0.1, 0.15) is 6.04 Å². The van der Waals surface area contributed by atoms with Crippen molar-refractivity contribution in [3.8, 4) is 0 Å². The second-order valence-electron chi connectivity index (χ2n) is 3.75. The van der Waals surface area contributed by atoms with E-state index in [1.165, 1.54) is 0 Å². The maximum Gasteiger partial charge on any atom is 0.244 e. The van der Waals surface area contributed by atoms with Gasteiger partial charge in [0, 0.05) is 7.05 Å². The Morgan fingerprint density at radius 2 is 2.12 bits per heavy atom. The molecule has 0 saturated carbocycles. The number of nitrogens with one attached hydrogen (secondary N) is 1. The van der Waals surface area contributed by atoms with Gasteiger partial charge in [0.2, 0.25) is 5.91 Å². The molecule has 1 atom stereocenters. The summed E-state index contributed by atoms with van der Waals surface area (Å²) in [6.07, 6.45) is 1.56. The quantitative estimate of drug-likeness (QED) is 0.798. The standard InChI is InChI=1S/C11H20N4O/c1-5-8-10(12)9(6-2)15(14-8)7(3)11(16)13-4/h7H,5-6,12H2,1-4H3,(H,13,16). The number of anilines is 1. The lowest BCUT2D eigenvalue weighted by atomic mass is 10.2. The fraction of sp³-hybridized carbons (Fsp3) is 0.636. The van der Waals surface area contributed by atoms with E-state index >= 15 is 0 Å². The van der Waals surface area contributed by atoms with Crippen molar-refractivity contribution in [1.29, 1.82) is 0 Å². The molecule has 5 nitrogen and oxygen atoms in total. The molecule has 1 rings (SSSR count). The minimum absolute atomic E-state index is 0.0557. The van der Waals surface area contributed by atoms with Gasteiger partial charge in [0.25, 0.3) is 0 Å². The number of hydrogen-bond acceptors (Lipinski definition) is 3. The predicted octanol–water partition coefficient (Wildman–Crippen LogP) is 0.897. The minimum atomic E-state index is -0.317. The summed E-state index contributed by atoms with van der Waals surface area (Å²) < 4.78 is 1.73. The maximum absolute atomic E-state index is 11.6. The first kappa shape index (κ1) is 12.5. The van der Waals surface area contributed by atoms with Gasteiger partial charge in [-0.05, 0) is 19.8 Å². The fourth-order valence-corrected chi connectivity index (χ4v) is 1.79. The predicted molar refractivity (Wildman–Crippen MR) is 64.2 cm³/mol. The molecule has 0 fully saturated rings. The smallest absolute Gasteiger partial charge is 0.244 e. The van der Waals surface area contributed by atoms with Crippen LogP contribution in [-0.2, 0) is 17.6 Å². The van der Waals surface area contributed by atoms with Crippen molar-refractivity contribution in [2.75, 3.05) is 12.8 Å². The summed E-state index contributed by atoms with van der Waals surface area (Å²) in [4.78, 5) is 11.6. The van der Waals surface area contributed by atoms with Gasteiger partial charge in [-0.3, -0.25) is 9.48 Å². The number of nitrogen functional groups attached to an aromatic ring is 1. The molecular formula is C11H20N4O. The topological polar surface area (TPSA) is 72.9 Å². The summed E-state index contributed by atoms with van der Waals surface area (Å²) in [5, 5.41) is 7.02. The number of carbonyl (C=O) groups is 1. The molecule has 3 N–H and O–H groups in total. The molecule has 1 aromatic heterocycles. The molecule has 16 heavy (non-hydrogen) atoms. The molecule has 0 aliphatic rings. The third-order valence-electron chi connectivity index (χ3n) is 2.79. The number of carbonyl (C=O) groups excluding carboxylic acids is 1. The van der Waals surface area contributed by atoms with Crippen LogP contribution < -0.4 is 11.1 Å². The lowest BCUT2D eigenvalue weighted by Gasteiger charge is -2.13. The van der Waals surface area contributed by atoms with E-state index in [0.717, 1.165) is 29.9 Å². The molecule has 1 aromatic rings. The number of nitrogens with zero attached hydrogens (tertiary/aromatic N) is 2. The second kappa shape index (κ2) is 5.01. The minimum Gasteiger partial charge on any atom is -0.396 e. The zero-order valence-corrected chi connectivity index (χ0v) is 10.4. The van der Waals surface area contributed by atoms with Crippen LogP contribution in [0, 0.1) is 0 Å². The monoisotopic (exact) mass is 224 g/mol. The molecule has 0 aliphatic carbocycles. The first-order valence-electron chi connectivity index (χ1n) is 5.64. The van der Waals surface area contributed by atoms with Crippen molar-refractivity contribution in [3.05, 3.63) is 11.4 Å². The number of likely N-dealkylation sites (N-methyl/N-ethyl adjacent to an activating group) is 1. The van der Waals surface area contributed by atoms with Gasteiger partial charge < -0.3 is 11.1 Å². The van der Waals surface area contributed by atoms with Gasteiger partial charge in [-0.1, -0.05) is 13.8 Å². The molecule has 0 aliphatic heterocycles. The average molecular weight is 224 g/mol. The molecule has 1 heterocycles. The van der Waals surface area contributed by atoms with E-state index < -0.39 is 0 Å². The van der Waals surface area contributed by atoms with Crippen LogP contribution in [0.4, 0.5) is 5.69 Å². The van der Waals surface area contributed by atoms with Gasteiger partial charge in [-0.25, -0.2) is 0 Å². The summed E-state index contributed by atoms with van der Waals surface area (Å²) in [6.45, 7) is 5.84. The zero-order chi connectivity index (χ0) is 12.3. The van der Waals surface area contributed by atoms with Crippen molar-refractivity contribution >= 4 is 11.6 Å². The van der Waals surface area contributed by atoms with Crippen molar-refractivity contribution in [3.63, 3.8) is 0 Å². The fourth-order valence-electron chi connectivity index (χ4n) is 1.79. The Kier molecular flexibility index (Phi) is 3.93. The van der Waals surface area contributed by atoms with Gasteiger partial charge in [0.05, 0.1) is 17.1 Å². The Balaban J connectivity index is 3.17. The summed E-state index contributed by atoms with van der Waals surface area (Å²) in [7, 11) is 1.62. The molecule has 5 heteroatoms. The Bertz CT molecular complexity index is 384. The number of aryl methyl sites for hydroxylation is 1. The van der Waals surface area contributed by atoms with Gasteiger partial charge in [0.15, 0.2) is 0 Å². The molecule has 1 unspecified atom stereocenters. The molecule has 1 amide bonds. The van der Waals surface area contributed by atoms with E-state index in [2.05, 4.69) is 10.4 Å². The molecule has 0 saturated heterocycles. The van der Waals surface area contributed by atoms with Crippen LogP contribution >= 0.6 is 0 Å². The highest BCUT2D eigenvalue weighted by atomic mass is 16.2. The highest BCUT2D eigenvalue weighted by molar-refractivity contribution is 5.79. The first-order valence-corrected chi connectivity index (χ1v) is 5.64. The Morgan fingerprint density at radius 3 is 2.56 bits per heavy atom. The Labute approximate surface area is 96.0 Å². The maximum atomic E-state index is 11.6. The van der Waals surface area contributed by atoms with Crippen molar-refractivity contribution in [1.82, 2.24) is 15.1 Å². The van der Waals surface area contributed by atoms with E-state index in [0.29, 0.717) is 0 Å². The van der Waals surface area contributed by atoms with Crippen LogP contribution in [0.5, 0.6) is 0 Å². The zero-order valence-electron chi connectivity index (χ0n) is 10.4. The van der Waals surface area contributed by atoms with Gasteiger partial charge >= 0.3 is 0 Å². The third kappa shape index (κ3) is 2.03. The normalized spacial score (nSPS) is 12.5. The molecule has 0 radical (unpaired) electrons. The summed E-state index contributed by atoms with van der Waals surface area (Å²) in [5.74, 6) is -0.0557. The van der Waals surface area contributed by atoms with Crippen LogP contribution in [-0.4, -0.2) is 22.7 Å². The van der Waals surface area contributed by atoms with Crippen LogP contribution in [0.1, 0.15) is 38.2 Å². The molecule has 0 aromatic carbocycles. The number of hydrogen-bond donors (Lipinski definition) is 2. The van der Waals surface area contributed by atoms with Crippen LogP contribution in [0.15, 0.2) is 0 Å². The number of nitrogens with two attached hydrogens (primary N) is 1. The van der Waals surface area contributed by atoms with E-state index in [9.17, 15) is 4.79 Å². The van der Waals surface area contributed by atoms with Crippen molar-refractivity contribution in [2.24, 2.45) is 0 Å². The van der Waals surface area contributed by atoms with E-state index in [1.54, 1.807) is 11.7 Å². The lowest BCUT2D eigenvalue weighted by molar-refractivity contribution is -0.123. The van der Waals surface area contributed by atoms with Crippen LogP contribution in [0.2, 0.25) is 0 Å². The molecule has 90 valence electrons. The van der Waals surface area contributed by atoms with Crippen molar-refractivity contribution < 1.29 is 4.79 Å². The van der Waals surface area contributed by atoms with Crippen molar-refractivity contribution in [2.45, 2.75) is 39.7 Å². The first-order chi connectivity index (χ1) is 7.56. The summed E-state index contributed by atoms with van der Waals surface area (Å²) in [5.41, 5.74) is 8.52. The molecule has 0 bridgehead atoms. The van der Waals surface area contributed by atoms with Gasteiger partial charge in [-0.2, -0.15) is 5.10 Å². The second-order valence-corrected chi connectivity index (χ2v) is 3.75. The number of amides is 1. The van der Waals surface area contributed by atoms with E-state index in [1.807, 2.05) is 20.8 Å². The highest BCUT2D eigenvalue weighted by Crippen LogP contribution is 2.21. The largest absolute Gasteiger partial charge is 0.396 e. The Morgan fingerprint density at radius 1 is 1.50 bits per heavy atom. The molecule has 0 spiro atoms.